The van der Waals surface area contributed by atoms with Gasteiger partial charge in [-0.2, -0.15) is 0 Å². The number of guanidine groups is 1. The number of aliphatic imine (C=N–C) groups is 1. The molecule has 3 N–H and O–H groups in total. The van der Waals surface area contributed by atoms with Crippen molar-refractivity contribution in [2.45, 2.75) is 18.9 Å². The van der Waals surface area contributed by atoms with Crippen molar-refractivity contribution in [2.24, 2.45) is 4.99 Å². The van der Waals surface area contributed by atoms with Crippen molar-refractivity contribution < 1.29 is 9.52 Å². The first-order valence-electron chi connectivity index (χ1n) is 8.96. The molecule has 142 valence electrons. The summed E-state index contributed by atoms with van der Waals surface area (Å²) in [5.41, 5.74) is 0.808. The molecule has 3 rings (SSSR count). The van der Waals surface area contributed by atoms with Crippen molar-refractivity contribution in [3.8, 4) is 0 Å². The van der Waals surface area contributed by atoms with Crippen LogP contribution >= 0.6 is 11.3 Å². The molecule has 0 aliphatic rings. The predicted octanol–water partition coefficient (Wildman–Crippen LogP) is 2.79. The molecular formula is C20H24N4O2S. The Labute approximate surface area is 163 Å². The summed E-state index contributed by atoms with van der Waals surface area (Å²) >= 11 is 1.75. The molecule has 1 unspecified atom stereocenters. The van der Waals surface area contributed by atoms with Crippen LogP contribution in [0.5, 0.6) is 0 Å². The number of furan rings is 1. The maximum absolute atomic E-state index is 10.3. The highest BCUT2D eigenvalue weighted by Gasteiger charge is 2.07. The third-order valence-corrected chi connectivity index (χ3v) is 4.94. The minimum atomic E-state index is -0.658. The van der Waals surface area contributed by atoms with E-state index < -0.39 is 6.10 Å². The van der Waals surface area contributed by atoms with E-state index in [1.165, 1.54) is 4.88 Å². The smallest absolute Gasteiger partial charge is 0.191 e. The van der Waals surface area contributed by atoms with Crippen LogP contribution in [-0.2, 0) is 12.8 Å². The standard InChI is InChI=1S/C20H24N4O2S/c25-19(16-5-9-21-10-6-16)15-24-20(22-11-7-17-3-1-13-26-17)23-12-8-18-4-2-14-27-18/h1-6,9-10,13-14,19,25H,7-8,11-12,15H2,(H2,22,23,24). The minimum absolute atomic E-state index is 0.277. The average molecular weight is 385 g/mol. The van der Waals surface area contributed by atoms with Crippen molar-refractivity contribution in [2.75, 3.05) is 19.6 Å². The fourth-order valence-electron chi connectivity index (χ4n) is 2.56. The molecule has 0 amide bonds. The Kier molecular flexibility index (Phi) is 7.44. The average Bonchev–Trinajstić information content (AvgIpc) is 3.40. The highest BCUT2D eigenvalue weighted by atomic mass is 32.1. The Bertz CT molecular complexity index is 747. The van der Waals surface area contributed by atoms with Gasteiger partial charge < -0.3 is 20.2 Å². The van der Waals surface area contributed by atoms with E-state index in [4.69, 9.17) is 4.42 Å². The van der Waals surface area contributed by atoms with Crippen molar-refractivity contribution >= 4 is 17.3 Å². The first-order chi connectivity index (χ1) is 13.3. The topological polar surface area (TPSA) is 82.7 Å². The number of nitrogens with one attached hydrogen (secondary N) is 2. The van der Waals surface area contributed by atoms with Gasteiger partial charge in [-0.1, -0.05) is 6.07 Å². The van der Waals surface area contributed by atoms with Crippen LogP contribution in [-0.4, -0.2) is 35.7 Å². The number of aliphatic hydroxyl groups excluding tert-OH is 1. The van der Waals surface area contributed by atoms with Crippen molar-refractivity contribution in [3.05, 3.63) is 76.6 Å². The van der Waals surface area contributed by atoms with E-state index in [0.29, 0.717) is 12.5 Å². The Hall–Kier alpha value is -2.64. The van der Waals surface area contributed by atoms with Gasteiger partial charge in [0.2, 0.25) is 0 Å². The van der Waals surface area contributed by atoms with E-state index in [0.717, 1.165) is 30.7 Å². The molecule has 6 nitrogen and oxygen atoms in total. The maximum atomic E-state index is 10.3. The zero-order chi connectivity index (χ0) is 18.7. The summed E-state index contributed by atoms with van der Waals surface area (Å²) in [6.07, 6.45) is 6.06. The quantitative estimate of drug-likeness (QED) is 0.390. The van der Waals surface area contributed by atoms with Crippen LogP contribution in [0.4, 0.5) is 0 Å². The van der Waals surface area contributed by atoms with Gasteiger partial charge in [-0.25, -0.2) is 0 Å². The van der Waals surface area contributed by atoms with Gasteiger partial charge in [0.05, 0.1) is 18.9 Å². The zero-order valence-electron chi connectivity index (χ0n) is 15.0. The van der Waals surface area contributed by atoms with Gasteiger partial charge in [0, 0.05) is 36.8 Å². The molecule has 0 bridgehead atoms. The molecule has 0 aromatic carbocycles. The summed E-state index contributed by atoms with van der Waals surface area (Å²) in [4.78, 5) is 9.84. The first-order valence-corrected chi connectivity index (χ1v) is 9.84. The number of pyridine rings is 1. The molecule has 3 heterocycles. The normalized spacial score (nSPS) is 12.7. The van der Waals surface area contributed by atoms with Gasteiger partial charge in [0.25, 0.3) is 0 Å². The van der Waals surface area contributed by atoms with Gasteiger partial charge >= 0.3 is 0 Å². The molecular weight excluding hydrogens is 360 g/mol. The summed E-state index contributed by atoms with van der Waals surface area (Å²) < 4.78 is 5.36. The molecule has 0 aliphatic heterocycles. The van der Waals surface area contributed by atoms with Gasteiger partial charge in [-0.3, -0.25) is 9.98 Å². The number of rotatable bonds is 9. The second-order valence-electron chi connectivity index (χ2n) is 6.00. The lowest BCUT2D eigenvalue weighted by atomic mass is 10.1. The fraction of sp³-hybridized carbons (Fsp3) is 0.300. The largest absolute Gasteiger partial charge is 0.469 e. The van der Waals surface area contributed by atoms with Crippen molar-refractivity contribution in [3.63, 3.8) is 0 Å². The third-order valence-electron chi connectivity index (χ3n) is 4.00. The molecule has 0 spiro atoms. The Balaban J connectivity index is 1.53. The molecule has 0 saturated heterocycles. The van der Waals surface area contributed by atoms with E-state index in [-0.39, 0.29) is 6.54 Å². The highest BCUT2D eigenvalue weighted by Crippen LogP contribution is 2.11. The van der Waals surface area contributed by atoms with Gasteiger partial charge in [-0.15, -0.1) is 11.3 Å². The van der Waals surface area contributed by atoms with Gasteiger partial charge in [0.15, 0.2) is 5.96 Å². The number of aliphatic hydroxyl groups is 1. The molecule has 0 saturated carbocycles. The summed E-state index contributed by atoms with van der Waals surface area (Å²) in [6, 6.07) is 11.6. The van der Waals surface area contributed by atoms with E-state index in [2.05, 4.69) is 38.1 Å². The lowest BCUT2D eigenvalue weighted by molar-refractivity contribution is 0.187. The van der Waals surface area contributed by atoms with Crippen LogP contribution in [0.3, 0.4) is 0 Å². The number of hydrogen-bond donors (Lipinski definition) is 3. The molecule has 0 fully saturated rings. The minimum Gasteiger partial charge on any atom is -0.469 e. The Morgan fingerprint density at radius 1 is 1.11 bits per heavy atom. The van der Waals surface area contributed by atoms with Crippen LogP contribution in [0, 0.1) is 0 Å². The number of aromatic nitrogens is 1. The lowest BCUT2D eigenvalue weighted by Crippen LogP contribution is -2.39. The molecule has 1 atom stereocenters. The zero-order valence-corrected chi connectivity index (χ0v) is 15.9. The SMILES string of the molecule is OC(CN=C(NCCc1ccco1)NCCc1cccs1)c1ccncc1. The van der Waals surface area contributed by atoms with Crippen molar-refractivity contribution in [1.82, 2.24) is 15.6 Å². The van der Waals surface area contributed by atoms with E-state index >= 15 is 0 Å². The molecule has 0 aliphatic carbocycles. The van der Waals surface area contributed by atoms with E-state index in [1.54, 1.807) is 42.1 Å². The van der Waals surface area contributed by atoms with Crippen LogP contribution < -0.4 is 10.6 Å². The van der Waals surface area contributed by atoms with Gasteiger partial charge in [-0.05, 0) is 47.7 Å². The summed E-state index contributed by atoms with van der Waals surface area (Å²) in [5, 5.41) is 19.0. The monoisotopic (exact) mass is 384 g/mol. The second-order valence-corrected chi connectivity index (χ2v) is 7.03. The van der Waals surface area contributed by atoms with Crippen molar-refractivity contribution in [1.29, 1.82) is 0 Å². The number of nitrogens with zero attached hydrogens (tertiary/aromatic N) is 2. The van der Waals surface area contributed by atoms with Crippen LogP contribution in [0.2, 0.25) is 0 Å². The Morgan fingerprint density at radius 2 is 1.93 bits per heavy atom. The molecule has 7 heteroatoms. The summed E-state index contributed by atoms with van der Waals surface area (Å²) in [7, 11) is 0. The van der Waals surface area contributed by atoms with Gasteiger partial charge in [0.1, 0.15) is 5.76 Å². The summed E-state index contributed by atoms with van der Waals surface area (Å²) in [6.45, 7) is 1.75. The Morgan fingerprint density at radius 3 is 2.63 bits per heavy atom. The van der Waals surface area contributed by atoms with Crippen LogP contribution in [0.1, 0.15) is 22.3 Å². The predicted molar refractivity (Wildman–Crippen MR) is 108 cm³/mol. The first kappa shape index (κ1) is 19.1. The molecule has 0 radical (unpaired) electrons. The number of hydrogen-bond acceptors (Lipinski definition) is 5. The third kappa shape index (κ3) is 6.54. The maximum Gasteiger partial charge on any atom is 0.191 e. The highest BCUT2D eigenvalue weighted by molar-refractivity contribution is 7.09. The lowest BCUT2D eigenvalue weighted by Gasteiger charge is -2.14. The summed E-state index contributed by atoms with van der Waals surface area (Å²) in [5.74, 6) is 1.61. The second kappa shape index (κ2) is 10.5. The van der Waals surface area contributed by atoms with E-state index in [9.17, 15) is 5.11 Å². The van der Waals surface area contributed by atoms with Crippen LogP contribution in [0.15, 0.2) is 69.8 Å². The fourth-order valence-corrected chi connectivity index (χ4v) is 3.27. The van der Waals surface area contributed by atoms with Crippen LogP contribution in [0.25, 0.3) is 0 Å². The van der Waals surface area contributed by atoms with E-state index in [1.807, 2.05) is 12.1 Å². The molecule has 3 aromatic heterocycles. The molecule has 3 aromatic rings. The number of thiophene rings is 1. The molecule has 27 heavy (non-hydrogen) atoms.